The topological polar surface area (TPSA) is 29.1 Å². The highest BCUT2D eigenvalue weighted by Gasteiger charge is 2.20. The lowest BCUT2D eigenvalue weighted by Gasteiger charge is -2.18. The molecule has 0 aliphatic rings. The summed E-state index contributed by atoms with van der Waals surface area (Å²) >= 11 is 7.62. The van der Waals surface area contributed by atoms with Crippen LogP contribution in [0.4, 0.5) is 4.39 Å². The fourth-order valence-electron chi connectivity index (χ4n) is 2.28. The minimum Gasteiger partial charge on any atom is -0.340 e. The zero-order valence-electron chi connectivity index (χ0n) is 12.0. The molecule has 0 radical (unpaired) electrons. The van der Waals surface area contributed by atoms with E-state index in [2.05, 4.69) is 5.32 Å². The Hall–Kier alpha value is -2.17. The van der Waals surface area contributed by atoms with Crippen LogP contribution in [0.3, 0.4) is 0 Å². The Balaban J connectivity index is 1.92. The van der Waals surface area contributed by atoms with Crippen molar-refractivity contribution >= 4 is 28.8 Å². The van der Waals surface area contributed by atoms with Crippen molar-refractivity contribution in [1.29, 1.82) is 0 Å². The van der Waals surface area contributed by atoms with Crippen molar-refractivity contribution in [2.45, 2.75) is 6.04 Å². The van der Waals surface area contributed by atoms with Gasteiger partial charge in [0.25, 0.3) is 5.91 Å². The van der Waals surface area contributed by atoms with Crippen molar-refractivity contribution < 1.29 is 9.18 Å². The van der Waals surface area contributed by atoms with Gasteiger partial charge in [-0.15, -0.1) is 11.3 Å². The van der Waals surface area contributed by atoms with E-state index >= 15 is 0 Å². The molecular formula is C18H13ClFNOS. The van der Waals surface area contributed by atoms with E-state index in [0.29, 0.717) is 10.6 Å². The molecule has 1 atom stereocenters. The average Bonchev–Trinajstić information content (AvgIpc) is 3.08. The first-order valence-electron chi connectivity index (χ1n) is 6.99. The maximum Gasteiger partial charge on any atom is 0.253 e. The molecule has 5 heteroatoms. The maximum absolute atomic E-state index is 13.2. The summed E-state index contributed by atoms with van der Waals surface area (Å²) in [4.78, 5) is 13.5. The van der Waals surface area contributed by atoms with Crippen LogP contribution in [0.5, 0.6) is 0 Å². The van der Waals surface area contributed by atoms with Gasteiger partial charge in [0, 0.05) is 4.88 Å². The van der Waals surface area contributed by atoms with Gasteiger partial charge in [-0.3, -0.25) is 4.79 Å². The second-order valence-corrected chi connectivity index (χ2v) is 6.34. The van der Waals surface area contributed by atoms with E-state index < -0.39 is 0 Å². The zero-order chi connectivity index (χ0) is 16.2. The van der Waals surface area contributed by atoms with Gasteiger partial charge in [0.05, 0.1) is 16.6 Å². The van der Waals surface area contributed by atoms with Crippen LogP contribution in [-0.4, -0.2) is 5.91 Å². The predicted octanol–water partition coefficient (Wildman–Crippen LogP) is 5.06. The smallest absolute Gasteiger partial charge is 0.253 e. The molecule has 0 saturated heterocycles. The third-order valence-electron chi connectivity index (χ3n) is 3.42. The number of rotatable bonds is 4. The number of amides is 1. The van der Waals surface area contributed by atoms with Gasteiger partial charge in [0.2, 0.25) is 0 Å². The predicted molar refractivity (Wildman–Crippen MR) is 91.5 cm³/mol. The molecule has 2 nitrogen and oxygen atoms in total. The summed E-state index contributed by atoms with van der Waals surface area (Å²) in [5, 5.41) is 5.31. The maximum atomic E-state index is 13.2. The lowest BCUT2D eigenvalue weighted by atomic mass is 10.0. The van der Waals surface area contributed by atoms with E-state index in [1.54, 1.807) is 36.4 Å². The fraction of sp³-hybridized carbons (Fsp3) is 0.0556. The highest BCUT2D eigenvalue weighted by Crippen LogP contribution is 2.27. The van der Waals surface area contributed by atoms with E-state index in [1.165, 1.54) is 23.5 Å². The summed E-state index contributed by atoms with van der Waals surface area (Å²) in [5.74, 6) is -0.575. The second-order valence-electron chi connectivity index (χ2n) is 4.95. The van der Waals surface area contributed by atoms with Gasteiger partial charge >= 0.3 is 0 Å². The van der Waals surface area contributed by atoms with Crippen LogP contribution >= 0.6 is 22.9 Å². The highest BCUT2D eigenvalue weighted by molar-refractivity contribution is 7.10. The molecule has 1 aromatic heterocycles. The summed E-state index contributed by atoms with van der Waals surface area (Å²) in [6.07, 6.45) is 0. The average molecular weight is 346 g/mol. The number of carbonyl (C=O) groups excluding carboxylic acids is 1. The van der Waals surface area contributed by atoms with Gasteiger partial charge in [-0.05, 0) is 41.3 Å². The van der Waals surface area contributed by atoms with Gasteiger partial charge in [-0.25, -0.2) is 4.39 Å². The van der Waals surface area contributed by atoms with Crippen molar-refractivity contribution in [3.63, 3.8) is 0 Å². The van der Waals surface area contributed by atoms with Crippen LogP contribution in [0, 0.1) is 5.82 Å². The van der Waals surface area contributed by atoms with Crippen LogP contribution in [0.15, 0.2) is 66.0 Å². The number of thiophene rings is 1. The van der Waals surface area contributed by atoms with Crippen molar-refractivity contribution in [1.82, 2.24) is 5.32 Å². The van der Waals surface area contributed by atoms with E-state index in [4.69, 9.17) is 11.6 Å². The highest BCUT2D eigenvalue weighted by atomic mass is 35.5. The first-order chi connectivity index (χ1) is 11.1. The molecule has 0 fully saturated rings. The van der Waals surface area contributed by atoms with Crippen LogP contribution in [0.2, 0.25) is 5.02 Å². The zero-order valence-corrected chi connectivity index (χ0v) is 13.6. The second kappa shape index (κ2) is 6.94. The molecule has 1 amide bonds. The quantitative estimate of drug-likeness (QED) is 0.703. The van der Waals surface area contributed by atoms with Gasteiger partial charge in [0.15, 0.2) is 0 Å². The molecular weight excluding hydrogens is 333 g/mol. The Morgan fingerprint density at radius 3 is 2.43 bits per heavy atom. The molecule has 1 unspecified atom stereocenters. The Morgan fingerprint density at radius 2 is 1.78 bits per heavy atom. The Kier molecular flexibility index (Phi) is 4.74. The van der Waals surface area contributed by atoms with Crippen molar-refractivity contribution in [3.05, 3.63) is 92.9 Å². The Bertz CT molecular complexity index is 802. The first-order valence-corrected chi connectivity index (χ1v) is 8.25. The lowest BCUT2D eigenvalue weighted by Crippen LogP contribution is -2.29. The molecule has 2 aromatic carbocycles. The van der Waals surface area contributed by atoms with Gasteiger partial charge in [-0.2, -0.15) is 0 Å². The van der Waals surface area contributed by atoms with Crippen LogP contribution in [0.1, 0.15) is 26.8 Å². The van der Waals surface area contributed by atoms with E-state index in [9.17, 15) is 9.18 Å². The van der Waals surface area contributed by atoms with Crippen molar-refractivity contribution in [3.8, 4) is 0 Å². The first kappa shape index (κ1) is 15.7. The number of nitrogens with one attached hydrogen (secondary N) is 1. The van der Waals surface area contributed by atoms with Crippen LogP contribution < -0.4 is 5.32 Å². The normalized spacial score (nSPS) is 11.9. The largest absolute Gasteiger partial charge is 0.340 e. The Morgan fingerprint density at radius 1 is 1.04 bits per heavy atom. The molecule has 0 saturated carbocycles. The van der Waals surface area contributed by atoms with Crippen LogP contribution in [-0.2, 0) is 0 Å². The number of hydrogen-bond acceptors (Lipinski definition) is 2. The summed E-state index contributed by atoms with van der Waals surface area (Å²) in [5.41, 5.74) is 1.23. The number of hydrogen-bond donors (Lipinski definition) is 1. The molecule has 0 spiro atoms. The summed E-state index contributed by atoms with van der Waals surface area (Å²) < 4.78 is 13.2. The van der Waals surface area contributed by atoms with Gasteiger partial charge in [-0.1, -0.05) is 41.9 Å². The Labute approximate surface area is 142 Å². The third kappa shape index (κ3) is 3.60. The van der Waals surface area contributed by atoms with Gasteiger partial charge < -0.3 is 5.32 Å². The fourth-order valence-corrected chi connectivity index (χ4v) is 3.31. The SMILES string of the molecule is O=C(NC(c1ccc(F)cc1)c1cccs1)c1ccccc1Cl. The molecule has 1 heterocycles. The summed E-state index contributed by atoms with van der Waals surface area (Å²) in [7, 11) is 0. The molecule has 0 aliphatic heterocycles. The third-order valence-corrected chi connectivity index (χ3v) is 4.69. The molecule has 23 heavy (non-hydrogen) atoms. The van der Waals surface area contributed by atoms with Crippen molar-refractivity contribution in [2.75, 3.05) is 0 Å². The number of halogens is 2. The van der Waals surface area contributed by atoms with Crippen LogP contribution in [0.25, 0.3) is 0 Å². The minimum absolute atomic E-state index is 0.265. The molecule has 3 aromatic rings. The summed E-state index contributed by atoms with van der Waals surface area (Å²) in [6.45, 7) is 0. The monoisotopic (exact) mass is 345 g/mol. The van der Waals surface area contributed by atoms with E-state index in [1.807, 2.05) is 17.5 Å². The lowest BCUT2D eigenvalue weighted by molar-refractivity contribution is 0.0943. The molecule has 0 bridgehead atoms. The molecule has 0 aliphatic carbocycles. The minimum atomic E-state index is -0.348. The number of carbonyl (C=O) groups is 1. The van der Waals surface area contributed by atoms with E-state index in [-0.39, 0.29) is 17.8 Å². The van der Waals surface area contributed by atoms with Crippen molar-refractivity contribution in [2.24, 2.45) is 0 Å². The number of benzene rings is 2. The molecule has 116 valence electrons. The summed E-state index contributed by atoms with van der Waals surface area (Å²) in [6, 6.07) is 16.5. The van der Waals surface area contributed by atoms with E-state index in [0.717, 1.165) is 10.4 Å². The standard InChI is InChI=1S/C18H13ClFNOS/c19-15-5-2-1-4-14(15)18(22)21-17(16-6-3-11-23-16)12-7-9-13(20)10-8-12/h1-11,17H,(H,21,22). The molecule has 3 rings (SSSR count). The molecule has 1 N–H and O–H groups in total. The van der Waals surface area contributed by atoms with Gasteiger partial charge in [0.1, 0.15) is 5.82 Å².